The van der Waals surface area contributed by atoms with E-state index in [4.69, 9.17) is 14.2 Å². The lowest BCUT2D eigenvalue weighted by molar-refractivity contribution is 0.171. The van der Waals surface area contributed by atoms with Crippen LogP contribution in [0.5, 0.6) is 11.5 Å². The maximum atomic E-state index is 12.4. The first kappa shape index (κ1) is 16.5. The second-order valence-electron chi connectivity index (χ2n) is 4.56. The van der Waals surface area contributed by atoms with Crippen molar-refractivity contribution in [1.82, 2.24) is 4.72 Å². The van der Waals surface area contributed by atoms with E-state index in [1.165, 1.54) is 12.1 Å². The van der Waals surface area contributed by atoms with Crippen LogP contribution in [0.4, 0.5) is 0 Å². The van der Waals surface area contributed by atoms with Crippen LogP contribution in [0, 0.1) is 0 Å². The summed E-state index contributed by atoms with van der Waals surface area (Å²) in [6.45, 7) is 1.20. The van der Waals surface area contributed by atoms with Crippen LogP contribution in [0.3, 0.4) is 0 Å². The van der Waals surface area contributed by atoms with E-state index in [1.807, 2.05) is 0 Å². The van der Waals surface area contributed by atoms with Gasteiger partial charge in [-0.1, -0.05) is 15.9 Å². The van der Waals surface area contributed by atoms with Crippen molar-refractivity contribution in [1.29, 1.82) is 0 Å². The standard InChI is InChI=1S/C13H18BrNO5S/c1-18-9-10(4-5-14)15-21(16,17)11-2-3-12-13(8-11)20-7-6-19-12/h2-3,8,10,15H,4-7,9H2,1H3. The Morgan fingerprint density at radius 2 is 2.05 bits per heavy atom. The molecule has 0 aromatic heterocycles. The Morgan fingerprint density at radius 1 is 1.33 bits per heavy atom. The molecule has 0 bridgehead atoms. The highest BCUT2D eigenvalue weighted by Crippen LogP contribution is 2.32. The number of hydrogen-bond acceptors (Lipinski definition) is 5. The van der Waals surface area contributed by atoms with Crippen molar-refractivity contribution < 1.29 is 22.6 Å². The topological polar surface area (TPSA) is 73.9 Å². The molecular weight excluding hydrogens is 362 g/mol. The third-order valence-corrected chi connectivity index (χ3v) is 4.95. The summed E-state index contributed by atoms with van der Waals surface area (Å²) < 4.78 is 43.3. The second-order valence-corrected chi connectivity index (χ2v) is 7.06. The number of nitrogens with one attached hydrogen (secondary N) is 1. The number of hydrogen-bond donors (Lipinski definition) is 1. The molecule has 1 aliphatic rings. The molecule has 21 heavy (non-hydrogen) atoms. The van der Waals surface area contributed by atoms with E-state index in [2.05, 4.69) is 20.7 Å². The molecule has 0 fully saturated rings. The smallest absolute Gasteiger partial charge is 0.241 e. The zero-order chi connectivity index (χ0) is 15.3. The van der Waals surface area contributed by atoms with E-state index in [0.717, 1.165) is 0 Å². The van der Waals surface area contributed by atoms with E-state index in [9.17, 15) is 8.42 Å². The molecule has 1 unspecified atom stereocenters. The summed E-state index contributed by atoms with van der Waals surface area (Å²) in [7, 11) is -2.08. The zero-order valence-corrected chi connectivity index (χ0v) is 14.1. The maximum Gasteiger partial charge on any atom is 0.241 e. The number of rotatable bonds is 7. The Morgan fingerprint density at radius 3 is 2.71 bits per heavy atom. The highest BCUT2D eigenvalue weighted by atomic mass is 79.9. The molecule has 0 aliphatic carbocycles. The zero-order valence-electron chi connectivity index (χ0n) is 11.7. The van der Waals surface area contributed by atoms with Crippen LogP contribution in [-0.2, 0) is 14.8 Å². The van der Waals surface area contributed by atoms with Crippen molar-refractivity contribution in [2.45, 2.75) is 17.4 Å². The molecular formula is C13H18BrNO5S. The fourth-order valence-electron chi connectivity index (χ4n) is 1.99. The summed E-state index contributed by atoms with van der Waals surface area (Å²) in [6.07, 6.45) is 0.637. The van der Waals surface area contributed by atoms with Gasteiger partial charge in [0.25, 0.3) is 0 Å². The van der Waals surface area contributed by atoms with Crippen LogP contribution in [0.25, 0.3) is 0 Å². The predicted molar refractivity (Wildman–Crippen MR) is 81.8 cm³/mol. The van der Waals surface area contributed by atoms with Crippen molar-refractivity contribution in [2.75, 3.05) is 32.3 Å². The highest BCUT2D eigenvalue weighted by Gasteiger charge is 2.22. The van der Waals surface area contributed by atoms with E-state index in [-0.39, 0.29) is 10.9 Å². The Kier molecular flexibility index (Phi) is 5.86. The lowest BCUT2D eigenvalue weighted by Crippen LogP contribution is -2.38. The minimum absolute atomic E-state index is 0.155. The quantitative estimate of drug-likeness (QED) is 0.727. The van der Waals surface area contributed by atoms with E-state index >= 15 is 0 Å². The molecule has 1 aromatic rings. The number of alkyl halides is 1. The Balaban J connectivity index is 2.18. The molecule has 0 amide bonds. The number of methoxy groups -OCH3 is 1. The lowest BCUT2D eigenvalue weighted by Gasteiger charge is -2.20. The fourth-order valence-corrected chi connectivity index (χ4v) is 3.81. The van der Waals surface area contributed by atoms with Crippen LogP contribution in [0.1, 0.15) is 6.42 Å². The van der Waals surface area contributed by atoms with Gasteiger partial charge in [-0.25, -0.2) is 13.1 Å². The van der Waals surface area contributed by atoms with Crippen LogP contribution >= 0.6 is 15.9 Å². The summed E-state index contributed by atoms with van der Waals surface area (Å²) >= 11 is 3.31. The average molecular weight is 380 g/mol. The van der Waals surface area contributed by atoms with Crippen molar-refractivity contribution >= 4 is 26.0 Å². The molecule has 8 heteroatoms. The first-order valence-electron chi connectivity index (χ1n) is 6.53. The Hall–Kier alpha value is -0.830. The van der Waals surface area contributed by atoms with Gasteiger partial charge in [-0.05, 0) is 18.6 Å². The van der Waals surface area contributed by atoms with Gasteiger partial charge in [-0.2, -0.15) is 0 Å². The van der Waals surface area contributed by atoms with Crippen LogP contribution < -0.4 is 14.2 Å². The summed E-state index contributed by atoms with van der Waals surface area (Å²) in [6, 6.07) is 4.31. The molecule has 1 aromatic carbocycles. The highest BCUT2D eigenvalue weighted by molar-refractivity contribution is 9.09. The fraction of sp³-hybridized carbons (Fsp3) is 0.538. The molecule has 6 nitrogen and oxygen atoms in total. The molecule has 1 N–H and O–H groups in total. The van der Waals surface area contributed by atoms with Crippen molar-refractivity contribution in [3.8, 4) is 11.5 Å². The molecule has 1 atom stereocenters. The minimum atomic E-state index is -3.62. The molecule has 1 aliphatic heterocycles. The molecule has 2 rings (SSSR count). The lowest BCUT2D eigenvalue weighted by atomic mass is 10.3. The van der Waals surface area contributed by atoms with Crippen molar-refractivity contribution in [3.63, 3.8) is 0 Å². The van der Waals surface area contributed by atoms with Gasteiger partial charge in [0, 0.05) is 24.5 Å². The molecule has 0 saturated heterocycles. The van der Waals surface area contributed by atoms with Crippen LogP contribution in [0.2, 0.25) is 0 Å². The van der Waals surface area contributed by atoms with Gasteiger partial charge in [0.05, 0.1) is 11.5 Å². The Labute approximate surface area is 132 Å². The van der Waals surface area contributed by atoms with Crippen molar-refractivity contribution in [2.24, 2.45) is 0 Å². The van der Waals surface area contributed by atoms with Gasteiger partial charge in [0.15, 0.2) is 11.5 Å². The van der Waals surface area contributed by atoms with Gasteiger partial charge < -0.3 is 14.2 Å². The summed E-state index contributed by atoms with van der Waals surface area (Å²) in [5.74, 6) is 1.02. The molecule has 0 spiro atoms. The van der Waals surface area contributed by atoms with Gasteiger partial charge in [0.1, 0.15) is 13.2 Å². The molecule has 0 radical (unpaired) electrons. The second kappa shape index (κ2) is 7.44. The van der Waals surface area contributed by atoms with E-state index in [1.54, 1.807) is 13.2 Å². The number of sulfonamides is 1. The maximum absolute atomic E-state index is 12.4. The average Bonchev–Trinajstić information content (AvgIpc) is 2.47. The summed E-state index contributed by atoms with van der Waals surface area (Å²) in [4.78, 5) is 0.155. The van der Waals surface area contributed by atoms with Gasteiger partial charge >= 0.3 is 0 Å². The van der Waals surface area contributed by atoms with Gasteiger partial charge in [0.2, 0.25) is 10.0 Å². The number of ether oxygens (including phenoxy) is 3. The minimum Gasteiger partial charge on any atom is -0.486 e. The summed E-state index contributed by atoms with van der Waals surface area (Å²) in [5, 5.41) is 0.685. The van der Waals surface area contributed by atoms with Crippen LogP contribution in [0.15, 0.2) is 23.1 Å². The van der Waals surface area contributed by atoms with E-state index in [0.29, 0.717) is 43.1 Å². The first-order chi connectivity index (χ1) is 10.1. The molecule has 118 valence electrons. The normalized spacial score (nSPS) is 15.7. The van der Waals surface area contributed by atoms with Crippen molar-refractivity contribution in [3.05, 3.63) is 18.2 Å². The Bertz CT molecular complexity index is 572. The monoisotopic (exact) mass is 379 g/mol. The third-order valence-electron chi connectivity index (χ3n) is 2.97. The molecule has 0 saturated carbocycles. The number of halogens is 1. The van der Waals surface area contributed by atoms with Gasteiger partial charge in [-0.15, -0.1) is 0 Å². The number of benzene rings is 1. The third kappa shape index (κ3) is 4.32. The number of fused-ring (bicyclic) bond motifs is 1. The van der Waals surface area contributed by atoms with E-state index < -0.39 is 10.0 Å². The largest absolute Gasteiger partial charge is 0.486 e. The predicted octanol–water partition coefficient (Wildman–Crippen LogP) is 1.54. The first-order valence-corrected chi connectivity index (χ1v) is 9.14. The SMILES string of the molecule is COCC(CCBr)NS(=O)(=O)c1ccc2c(c1)OCCO2. The summed E-state index contributed by atoms with van der Waals surface area (Å²) in [5.41, 5.74) is 0. The molecule has 1 heterocycles. The van der Waals surface area contributed by atoms with Crippen LogP contribution in [-0.4, -0.2) is 46.7 Å². The van der Waals surface area contributed by atoms with Gasteiger partial charge in [-0.3, -0.25) is 0 Å².